The summed E-state index contributed by atoms with van der Waals surface area (Å²) in [5, 5.41) is 6.96. The zero-order chi connectivity index (χ0) is 21.5. The number of rotatable bonds is 5. The molecule has 1 aliphatic carbocycles. The number of benzene rings is 1. The van der Waals surface area contributed by atoms with Gasteiger partial charge < -0.3 is 14.0 Å². The molecule has 0 atom stereocenters. The van der Waals surface area contributed by atoms with Crippen molar-refractivity contribution in [2.45, 2.75) is 26.7 Å². The number of carbonyl (C=O) groups excluding carboxylic acids is 2. The van der Waals surface area contributed by atoms with Gasteiger partial charge in [-0.3, -0.25) is 14.9 Å². The van der Waals surface area contributed by atoms with Crippen LogP contribution in [-0.2, 0) is 6.42 Å². The van der Waals surface area contributed by atoms with Gasteiger partial charge in [-0.2, -0.15) is 0 Å². The first-order valence-electron chi connectivity index (χ1n) is 9.33. The second kappa shape index (κ2) is 7.56. The van der Waals surface area contributed by atoms with Crippen LogP contribution in [0, 0.1) is 5.41 Å². The van der Waals surface area contributed by atoms with Gasteiger partial charge in [-0.25, -0.2) is 4.98 Å². The predicted molar refractivity (Wildman–Crippen MR) is 112 cm³/mol. The van der Waals surface area contributed by atoms with E-state index in [0.29, 0.717) is 45.7 Å². The van der Waals surface area contributed by atoms with E-state index in [9.17, 15) is 9.59 Å². The van der Waals surface area contributed by atoms with Gasteiger partial charge in [0.25, 0.3) is 5.91 Å². The molecule has 30 heavy (non-hydrogen) atoms. The second-order valence-corrected chi connectivity index (χ2v) is 8.83. The Bertz CT molecular complexity index is 1130. The summed E-state index contributed by atoms with van der Waals surface area (Å²) >= 11 is 1.19. The summed E-state index contributed by atoms with van der Waals surface area (Å²) in [5.74, 6) is 1.14. The highest BCUT2D eigenvalue weighted by atomic mass is 32.1. The van der Waals surface area contributed by atoms with Gasteiger partial charge in [-0.05, 0) is 30.0 Å². The molecule has 0 radical (unpaired) electrons. The van der Waals surface area contributed by atoms with Crippen molar-refractivity contribution in [1.82, 2.24) is 10.1 Å². The molecule has 2 aromatic heterocycles. The molecule has 0 spiro atoms. The fourth-order valence-corrected chi connectivity index (χ4v) is 4.37. The van der Waals surface area contributed by atoms with E-state index in [1.54, 1.807) is 32.4 Å². The number of ether oxygens (including phenoxy) is 2. The first-order valence-corrected chi connectivity index (χ1v) is 10.1. The summed E-state index contributed by atoms with van der Waals surface area (Å²) < 4.78 is 16.0. The predicted octanol–water partition coefficient (Wildman–Crippen LogP) is 4.22. The molecule has 8 nitrogen and oxygen atoms in total. The van der Waals surface area contributed by atoms with E-state index >= 15 is 0 Å². The van der Waals surface area contributed by atoms with Crippen LogP contribution in [-0.4, -0.2) is 36.1 Å². The molecule has 0 saturated heterocycles. The fraction of sp³-hybridized carbons (Fsp3) is 0.333. The van der Waals surface area contributed by atoms with Gasteiger partial charge >= 0.3 is 0 Å². The molecule has 0 saturated carbocycles. The SMILES string of the molecule is COc1ccc(OC)c(-c2cc(C(=O)Nc3nc4c(s3)C(=O)CC(C)(C)C4)no2)c1. The zero-order valence-corrected chi connectivity index (χ0v) is 17.9. The minimum Gasteiger partial charge on any atom is -0.497 e. The molecular weight excluding hydrogens is 406 g/mol. The van der Waals surface area contributed by atoms with Gasteiger partial charge in [0.15, 0.2) is 22.4 Å². The lowest BCUT2D eigenvalue weighted by Crippen LogP contribution is -2.26. The molecular formula is C21H21N3O5S. The van der Waals surface area contributed by atoms with Crippen molar-refractivity contribution in [2.75, 3.05) is 19.5 Å². The van der Waals surface area contributed by atoms with Gasteiger partial charge in [0.2, 0.25) is 0 Å². The van der Waals surface area contributed by atoms with Gasteiger partial charge in [0.1, 0.15) is 11.5 Å². The maximum atomic E-state index is 12.7. The third-order valence-electron chi connectivity index (χ3n) is 4.87. The first-order chi connectivity index (χ1) is 14.3. The number of methoxy groups -OCH3 is 2. The largest absolute Gasteiger partial charge is 0.497 e. The molecule has 0 bridgehead atoms. The van der Waals surface area contributed by atoms with Crippen LogP contribution in [0.1, 0.15) is 46.1 Å². The Morgan fingerprint density at radius 3 is 2.73 bits per heavy atom. The molecule has 2 heterocycles. The Morgan fingerprint density at radius 1 is 1.20 bits per heavy atom. The number of carbonyl (C=O) groups is 2. The highest BCUT2D eigenvalue weighted by Gasteiger charge is 2.34. The standard InChI is InChI=1S/C21H21N3O5S/c1-21(2)9-14-18(15(25)10-21)30-20(22-14)23-19(26)13-8-17(29-24-13)12-7-11(27-3)5-6-16(12)28-4/h5-8H,9-10H2,1-4H3,(H,22,23,26). The average Bonchev–Trinajstić information content (AvgIpc) is 3.33. The quantitative estimate of drug-likeness (QED) is 0.650. The van der Waals surface area contributed by atoms with E-state index in [2.05, 4.69) is 15.5 Å². The molecule has 3 aromatic rings. The average molecular weight is 427 g/mol. The summed E-state index contributed by atoms with van der Waals surface area (Å²) in [6.45, 7) is 4.07. The number of amides is 1. The summed E-state index contributed by atoms with van der Waals surface area (Å²) in [4.78, 5) is 30.1. The van der Waals surface area contributed by atoms with Crippen LogP contribution in [0.3, 0.4) is 0 Å². The van der Waals surface area contributed by atoms with Gasteiger partial charge in [0, 0.05) is 12.5 Å². The molecule has 1 aliphatic rings. The summed E-state index contributed by atoms with van der Waals surface area (Å²) in [7, 11) is 3.10. The third-order valence-corrected chi connectivity index (χ3v) is 5.93. The minimum absolute atomic E-state index is 0.0630. The maximum Gasteiger partial charge on any atom is 0.279 e. The van der Waals surface area contributed by atoms with Crippen LogP contribution >= 0.6 is 11.3 Å². The number of fused-ring (bicyclic) bond motifs is 1. The lowest BCUT2D eigenvalue weighted by atomic mass is 9.78. The molecule has 0 unspecified atom stereocenters. The van der Waals surface area contributed by atoms with Crippen molar-refractivity contribution in [3.8, 4) is 22.8 Å². The maximum absolute atomic E-state index is 12.7. The fourth-order valence-electron chi connectivity index (χ4n) is 3.45. The number of nitrogens with one attached hydrogen (secondary N) is 1. The summed E-state index contributed by atoms with van der Waals surface area (Å²) in [5.41, 5.74) is 1.31. The Labute approximate surface area is 177 Å². The van der Waals surface area contributed by atoms with Crippen molar-refractivity contribution >= 4 is 28.2 Å². The zero-order valence-electron chi connectivity index (χ0n) is 17.1. The van der Waals surface area contributed by atoms with Gasteiger partial charge in [-0.15, -0.1) is 0 Å². The smallest absolute Gasteiger partial charge is 0.279 e. The Balaban J connectivity index is 1.56. The Kier molecular flexibility index (Phi) is 5.07. The lowest BCUT2D eigenvalue weighted by Gasteiger charge is -2.26. The van der Waals surface area contributed by atoms with Gasteiger partial charge in [0.05, 0.1) is 30.4 Å². The number of nitrogens with zero attached hydrogens (tertiary/aromatic N) is 2. The van der Waals surface area contributed by atoms with E-state index in [1.807, 2.05) is 13.8 Å². The van der Waals surface area contributed by atoms with Crippen LogP contribution < -0.4 is 14.8 Å². The van der Waals surface area contributed by atoms with Crippen LogP contribution in [0.4, 0.5) is 5.13 Å². The first kappa shape index (κ1) is 20.1. The van der Waals surface area contributed by atoms with Crippen molar-refractivity contribution in [3.05, 3.63) is 40.5 Å². The number of anilines is 1. The van der Waals surface area contributed by atoms with Crippen molar-refractivity contribution in [2.24, 2.45) is 5.41 Å². The molecule has 1 aromatic carbocycles. The van der Waals surface area contributed by atoms with E-state index in [4.69, 9.17) is 14.0 Å². The highest BCUT2D eigenvalue weighted by Crippen LogP contribution is 2.38. The van der Waals surface area contributed by atoms with Gasteiger partial charge in [-0.1, -0.05) is 30.3 Å². The monoisotopic (exact) mass is 427 g/mol. The van der Waals surface area contributed by atoms with E-state index in [-0.39, 0.29) is 16.9 Å². The number of aromatic nitrogens is 2. The highest BCUT2D eigenvalue weighted by molar-refractivity contribution is 7.17. The molecule has 156 valence electrons. The number of hydrogen-bond donors (Lipinski definition) is 1. The molecule has 0 aliphatic heterocycles. The molecule has 9 heteroatoms. The number of thiazole rings is 1. The van der Waals surface area contributed by atoms with E-state index < -0.39 is 5.91 Å². The molecule has 4 rings (SSSR count). The van der Waals surface area contributed by atoms with E-state index in [0.717, 1.165) is 5.69 Å². The number of Topliss-reactive ketones (excluding diaryl/α,β-unsaturated/α-hetero) is 1. The lowest BCUT2D eigenvalue weighted by molar-refractivity contribution is 0.0915. The second-order valence-electron chi connectivity index (χ2n) is 7.83. The van der Waals surface area contributed by atoms with Crippen LogP contribution in [0.5, 0.6) is 11.5 Å². The van der Waals surface area contributed by atoms with Crippen LogP contribution in [0.2, 0.25) is 0 Å². The van der Waals surface area contributed by atoms with Crippen molar-refractivity contribution in [1.29, 1.82) is 0 Å². The minimum atomic E-state index is -0.468. The number of hydrogen-bond acceptors (Lipinski definition) is 8. The van der Waals surface area contributed by atoms with Crippen molar-refractivity contribution < 1.29 is 23.6 Å². The van der Waals surface area contributed by atoms with E-state index in [1.165, 1.54) is 17.4 Å². The molecule has 1 amide bonds. The van der Waals surface area contributed by atoms with Crippen LogP contribution in [0.25, 0.3) is 11.3 Å². The Hall–Kier alpha value is -3.20. The summed E-state index contributed by atoms with van der Waals surface area (Å²) in [6, 6.07) is 6.77. The van der Waals surface area contributed by atoms with Crippen molar-refractivity contribution in [3.63, 3.8) is 0 Å². The molecule has 0 fully saturated rings. The third kappa shape index (κ3) is 3.80. The normalized spacial score (nSPS) is 14.9. The topological polar surface area (TPSA) is 104 Å². The summed E-state index contributed by atoms with van der Waals surface area (Å²) in [6.07, 6.45) is 1.18. The van der Waals surface area contributed by atoms with Crippen LogP contribution in [0.15, 0.2) is 28.8 Å². The Morgan fingerprint density at radius 2 is 2.00 bits per heavy atom. The number of ketones is 1. The molecule has 1 N–H and O–H groups in total.